The quantitative estimate of drug-likeness (QED) is 0.307. The second kappa shape index (κ2) is 12.4. The van der Waals surface area contributed by atoms with Crippen LogP contribution < -0.4 is 9.47 Å². The molecule has 0 aromatic heterocycles. The fraction of sp³-hybridized carbons (Fsp3) is 0.500. The van der Waals surface area contributed by atoms with Gasteiger partial charge in [-0.15, -0.1) is 0 Å². The second-order valence-corrected chi connectivity index (χ2v) is 8.89. The topological polar surface area (TPSA) is 52.6 Å². The third-order valence-corrected chi connectivity index (χ3v) is 6.32. The predicted molar refractivity (Wildman–Crippen MR) is 127 cm³/mol. The minimum absolute atomic E-state index is 0.156. The standard InChI is InChI=1S/C28H36O4/c1-3-5-7-21-9-17-25(18-10-21)31-27(29)23-13-15-24(16-14-23)28(30)32-26-19-11-22(12-20-26)8-6-4-2/h9-12,17-20,23-24H,3-8,13-16H2,1-2H3/t23-,24-. The van der Waals surface area contributed by atoms with Crippen LogP contribution in [0.1, 0.15) is 76.3 Å². The molecule has 2 aromatic carbocycles. The van der Waals surface area contributed by atoms with Gasteiger partial charge >= 0.3 is 11.9 Å². The molecule has 2 aromatic rings. The highest BCUT2D eigenvalue weighted by Gasteiger charge is 2.32. The van der Waals surface area contributed by atoms with Crippen LogP contribution in [0, 0.1) is 11.8 Å². The number of hydrogen-bond acceptors (Lipinski definition) is 4. The van der Waals surface area contributed by atoms with E-state index in [9.17, 15) is 9.59 Å². The number of carbonyl (C=O) groups excluding carboxylic acids is 2. The lowest BCUT2D eigenvalue weighted by Gasteiger charge is -2.25. The highest BCUT2D eigenvalue weighted by Crippen LogP contribution is 2.31. The lowest BCUT2D eigenvalue weighted by molar-refractivity contribution is -0.145. The monoisotopic (exact) mass is 436 g/mol. The molecule has 0 amide bonds. The summed E-state index contributed by atoms with van der Waals surface area (Å²) >= 11 is 0. The molecule has 0 unspecified atom stereocenters. The van der Waals surface area contributed by atoms with E-state index >= 15 is 0 Å². The fourth-order valence-corrected chi connectivity index (χ4v) is 4.17. The summed E-state index contributed by atoms with van der Waals surface area (Å²) in [6.07, 6.45) is 9.38. The number of rotatable bonds is 10. The van der Waals surface area contributed by atoms with Gasteiger partial charge in [-0.1, -0.05) is 51.0 Å². The molecule has 1 fully saturated rings. The van der Waals surface area contributed by atoms with Crippen molar-refractivity contribution in [3.05, 3.63) is 59.7 Å². The Morgan fingerprint density at radius 1 is 0.656 bits per heavy atom. The predicted octanol–water partition coefficient (Wildman–Crippen LogP) is 6.69. The molecule has 4 nitrogen and oxygen atoms in total. The lowest BCUT2D eigenvalue weighted by atomic mass is 9.82. The van der Waals surface area contributed by atoms with Crippen LogP contribution in [0.5, 0.6) is 11.5 Å². The van der Waals surface area contributed by atoms with Gasteiger partial charge in [0.1, 0.15) is 11.5 Å². The zero-order valence-electron chi connectivity index (χ0n) is 19.5. The largest absolute Gasteiger partial charge is 0.426 e. The van der Waals surface area contributed by atoms with Crippen molar-refractivity contribution >= 4 is 11.9 Å². The molecule has 0 heterocycles. The average Bonchev–Trinajstić information content (AvgIpc) is 2.83. The van der Waals surface area contributed by atoms with Crippen LogP contribution >= 0.6 is 0 Å². The highest BCUT2D eigenvalue weighted by molar-refractivity contribution is 5.77. The van der Waals surface area contributed by atoms with E-state index in [-0.39, 0.29) is 23.8 Å². The van der Waals surface area contributed by atoms with Gasteiger partial charge in [-0.2, -0.15) is 0 Å². The Labute approximate surface area is 192 Å². The Balaban J connectivity index is 1.42. The Hall–Kier alpha value is -2.62. The lowest BCUT2D eigenvalue weighted by Crippen LogP contribution is -2.30. The van der Waals surface area contributed by atoms with Crippen LogP contribution in [-0.4, -0.2) is 11.9 Å². The minimum atomic E-state index is -0.194. The van der Waals surface area contributed by atoms with Crippen molar-refractivity contribution in [3.63, 3.8) is 0 Å². The molecule has 32 heavy (non-hydrogen) atoms. The van der Waals surface area contributed by atoms with E-state index in [0.717, 1.165) is 38.5 Å². The Morgan fingerprint density at radius 2 is 1.00 bits per heavy atom. The summed E-state index contributed by atoms with van der Waals surface area (Å²) in [7, 11) is 0. The molecule has 1 aliphatic rings. The third kappa shape index (κ3) is 7.22. The zero-order valence-corrected chi connectivity index (χ0v) is 19.5. The zero-order chi connectivity index (χ0) is 22.8. The molecule has 0 aliphatic heterocycles. The normalized spacial score (nSPS) is 18.2. The van der Waals surface area contributed by atoms with Gasteiger partial charge in [-0.3, -0.25) is 9.59 Å². The Bertz CT molecular complexity index is 773. The Kier molecular flexibility index (Phi) is 9.33. The summed E-state index contributed by atoms with van der Waals surface area (Å²) in [5.74, 6) is 0.494. The maximum atomic E-state index is 12.6. The van der Waals surface area contributed by atoms with Gasteiger partial charge in [-0.05, 0) is 86.8 Å². The molecular formula is C28H36O4. The van der Waals surface area contributed by atoms with Gasteiger partial charge in [0.2, 0.25) is 0 Å². The van der Waals surface area contributed by atoms with Gasteiger partial charge in [-0.25, -0.2) is 0 Å². The molecule has 0 radical (unpaired) electrons. The van der Waals surface area contributed by atoms with Crippen LogP contribution in [0.4, 0.5) is 0 Å². The molecule has 0 saturated heterocycles. The van der Waals surface area contributed by atoms with E-state index in [1.807, 2.05) is 48.5 Å². The molecule has 3 rings (SSSR count). The van der Waals surface area contributed by atoms with Crippen LogP contribution in [-0.2, 0) is 22.4 Å². The van der Waals surface area contributed by atoms with Gasteiger partial charge in [0.25, 0.3) is 0 Å². The molecule has 0 atom stereocenters. The summed E-state index contributed by atoms with van der Waals surface area (Å²) in [5.41, 5.74) is 2.53. The molecule has 1 aliphatic carbocycles. The first kappa shape index (κ1) is 24.0. The molecule has 4 heteroatoms. The van der Waals surface area contributed by atoms with Gasteiger partial charge in [0, 0.05) is 0 Å². The number of benzene rings is 2. The summed E-state index contributed by atoms with van der Waals surface area (Å²) in [5, 5.41) is 0. The number of unbranched alkanes of at least 4 members (excludes halogenated alkanes) is 2. The van der Waals surface area contributed by atoms with Crippen LogP contribution in [0.25, 0.3) is 0 Å². The smallest absolute Gasteiger partial charge is 0.314 e. The first-order valence-electron chi connectivity index (χ1n) is 12.2. The van der Waals surface area contributed by atoms with Crippen LogP contribution in [0.2, 0.25) is 0 Å². The molecule has 0 spiro atoms. The van der Waals surface area contributed by atoms with E-state index in [0.29, 0.717) is 37.2 Å². The van der Waals surface area contributed by atoms with Gasteiger partial charge in [0.15, 0.2) is 0 Å². The summed E-state index contributed by atoms with van der Waals surface area (Å²) < 4.78 is 11.2. The molecule has 1 saturated carbocycles. The second-order valence-electron chi connectivity index (χ2n) is 8.89. The SMILES string of the molecule is CCCCc1ccc(OC(=O)[C@H]2CC[C@H](C(=O)Oc3ccc(CCCC)cc3)CC2)cc1. The first-order chi connectivity index (χ1) is 15.6. The molecule has 0 N–H and O–H groups in total. The number of carbonyl (C=O) groups is 2. The van der Waals surface area contributed by atoms with E-state index in [2.05, 4.69) is 13.8 Å². The van der Waals surface area contributed by atoms with Crippen LogP contribution in [0.3, 0.4) is 0 Å². The maximum absolute atomic E-state index is 12.6. The highest BCUT2D eigenvalue weighted by atomic mass is 16.5. The maximum Gasteiger partial charge on any atom is 0.314 e. The number of hydrogen-bond donors (Lipinski definition) is 0. The van der Waals surface area contributed by atoms with E-state index in [1.165, 1.54) is 11.1 Å². The van der Waals surface area contributed by atoms with Crippen molar-refractivity contribution in [3.8, 4) is 11.5 Å². The summed E-state index contributed by atoms with van der Waals surface area (Å²) in [6, 6.07) is 15.6. The van der Waals surface area contributed by atoms with E-state index in [4.69, 9.17) is 9.47 Å². The van der Waals surface area contributed by atoms with Crippen molar-refractivity contribution in [2.75, 3.05) is 0 Å². The van der Waals surface area contributed by atoms with Crippen molar-refractivity contribution in [1.29, 1.82) is 0 Å². The number of esters is 2. The molecule has 172 valence electrons. The Morgan fingerprint density at radius 3 is 1.31 bits per heavy atom. The van der Waals surface area contributed by atoms with E-state index in [1.54, 1.807) is 0 Å². The summed E-state index contributed by atoms with van der Waals surface area (Å²) in [6.45, 7) is 4.35. The molecular weight excluding hydrogens is 400 g/mol. The summed E-state index contributed by atoms with van der Waals surface area (Å²) in [4.78, 5) is 25.1. The van der Waals surface area contributed by atoms with Crippen molar-refractivity contribution in [2.45, 2.75) is 78.1 Å². The fourth-order valence-electron chi connectivity index (χ4n) is 4.17. The molecule has 0 bridgehead atoms. The number of ether oxygens (including phenoxy) is 2. The average molecular weight is 437 g/mol. The van der Waals surface area contributed by atoms with Gasteiger partial charge in [0.05, 0.1) is 11.8 Å². The minimum Gasteiger partial charge on any atom is -0.426 e. The van der Waals surface area contributed by atoms with Crippen molar-refractivity contribution in [2.24, 2.45) is 11.8 Å². The van der Waals surface area contributed by atoms with E-state index < -0.39 is 0 Å². The van der Waals surface area contributed by atoms with Crippen molar-refractivity contribution in [1.82, 2.24) is 0 Å². The van der Waals surface area contributed by atoms with Crippen molar-refractivity contribution < 1.29 is 19.1 Å². The van der Waals surface area contributed by atoms with Gasteiger partial charge < -0.3 is 9.47 Å². The van der Waals surface area contributed by atoms with Crippen LogP contribution in [0.15, 0.2) is 48.5 Å². The first-order valence-corrected chi connectivity index (χ1v) is 12.2. The number of aryl methyl sites for hydroxylation is 2. The third-order valence-electron chi connectivity index (χ3n) is 6.32.